The minimum Gasteiger partial charge on any atom is -0.469 e. The van der Waals surface area contributed by atoms with Crippen molar-refractivity contribution in [2.45, 2.75) is 39.2 Å². The average molecular weight is 238 g/mol. The molecule has 1 aromatic rings. The Morgan fingerprint density at radius 2 is 2.06 bits per heavy atom. The maximum absolute atomic E-state index is 5.31. The molecule has 0 fully saturated rings. The van der Waals surface area contributed by atoms with E-state index in [0.29, 0.717) is 0 Å². The Kier molecular flexibility index (Phi) is 5.72. The molecule has 0 unspecified atom stereocenters. The molecule has 0 spiro atoms. The van der Waals surface area contributed by atoms with Gasteiger partial charge in [-0.25, -0.2) is 0 Å². The average Bonchev–Trinajstić information content (AvgIpc) is 2.68. The van der Waals surface area contributed by atoms with Crippen LogP contribution in [0.2, 0.25) is 0 Å². The Balaban J connectivity index is 2.03. The topological polar surface area (TPSA) is 28.4 Å². The molecule has 0 atom stereocenters. The van der Waals surface area contributed by atoms with E-state index in [1.807, 2.05) is 12.1 Å². The van der Waals surface area contributed by atoms with E-state index in [-0.39, 0.29) is 5.54 Å². The third kappa shape index (κ3) is 7.18. The summed E-state index contributed by atoms with van der Waals surface area (Å²) in [4.78, 5) is 2.36. The second-order valence-electron chi connectivity index (χ2n) is 5.66. The maximum atomic E-state index is 5.31. The molecule has 0 aromatic carbocycles. The summed E-state index contributed by atoms with van der Waals surface area (Å²) in [6, 6.07) is 3.99. The lowest BCUT2D eigenvalue weighted by Gasteiger charge is -2.23. The van der Waals surface area contributed by atoms with Crippen molar-refractivity contribution in [3.8, 4) is 0 Å². The zero-order chi connectivity index (χ0) is 12.7. The summed E-state index contributed by atoms with van der Waals surface area (Å²) in [5.41, 5.74) is 0.217. The molecule has 3 heteroatoms. The molecule has 0 saturated carbocycles. The first-order chi connectivity index (χ1) is 7.97. The molecule has 1 heterocycles. The van der Waals surface area contributed by atoms with E-state index in [9.17, 15) is 0 Å². The fourth-order valence-electron chi connectivity index (χ4n) is 1.71. The molecular weight excluding hydrogens is 212 g/mol. The Labute approximate surface area is 105 Å². The Hall–Kier alpha value is -0.800. The zero-order valence-electron chi connectivity index (χ0n) is 11.6. The van der Waals surface area contributed by atoms with Crippen LogP contribution >= 0.6 is 0 Å². The second kappa shape index (κ2) is 6.82. The van der Waals surface area contributed by atoms with Gasteiger partial charge in [-0.2, -0.15) is 0 Å². The number of hydrogen-bond donors (Lipinski definition) is 1. The van der Waals surface area contributed by atoms with E-state index in [2.05, 4.69) is 38.0 Å². The molecule has 0 amide bonds. The second-order valence-corrected chi connectivity index (χ2v) is 5.66. The lowest BCUT2D eigenvalue weighted by atomic mass is 10.1. The first-order valence-corrected chi connectivity index (χ1v) is 6.43. The lowest BCUT2D eigenvalue weighted by molar-refractivity contribution is 0.303. The molecule has 1 N–H and O–H groups in total. The summed E-state index contributed by atoms with van der Waals surface area (Å²) in [5.74, 6) is 1.09. The molecule has 0 saturated heterocycles. The van der Waals surface area contributed by atoms with Crippen molar-refractivity contribution in [1.29, 1.82) is 0 Å². The van der Waals surface area contributed by atoms with Crippen LogP contribution in [0.25, 0.3) is 0 Å². The summed E-state index contributed by atoms with van der Waals surface area (Å²) in [6.45, 7) is 9.85. The highest BCUT2D eigenvalue weighted by molar-refractivity contribution is 4.97. The lowest BCUT2D eigenvalue weighted by Crippen LogP contribution is -2.40. The van der Waals surface area contributed by atoms with Crippen LogP contribution in [-0.4, -0.2) is 37.1 Å². The van der Waals surface area contributed by atoms with Gasteiger partial charge in [0.15, 0.2) is 0 Å². The van der Waals surface area contributed by atoms with Gasteiger partial charge in [-0.3, -0.25) is 0 Å². The predicted octanol–water partition coefficient (Wildman–Crippen LogP) is 2.53. The van der Waals surface area contributed by atoms with Crippen molar-refractivity contribution in [3.63, 3.8) is 0 Å². The Morgan fingerprint density at radius 3 is 2.65 bits per heavy atom. The molecule has 1 rings (SSSR count). The molecule has 0 radical (unpaired) electrons. The van der Waals surface area contributed by atoms with Gasteiger partial charge in [0, 0.05) is 25.0 Å². The number of nitrogens with one attached hydrogen (secondary N) is 1. The van der Waals surface area contributed by atoms with E-state index in [0.717, 1.165) is 38.2 Å². The maximum Gasteiger partial charge on any atom is 0.103 e. The van der Waals surface area contributed by atoms with Crippen molar-refractivity contribution >= 4 is 0 Å². The molecule has 98 valence electrons. The third-order valence-electron chi connectivity index (χ3n) is 2.69. The van der Waals surface area contributed by atoms with E-state index in [4.69, 9.17) is 4.42 Å². The molecule has 0 bridgehead atoms. The number of rotatable bonds is 7. The molecule has 1 aromatic heterocycles. The van der Waals surface area contributed by atoms with Crippen LogP contribution in [0, 0.1) is 0 Å². The molecule has 0 aliphatic carbocycles. The van der Waals surface area contributed by atoms with Gasteiger partial charge in [-0.05, 0) is 52.9 Å². The van der Waals surface area contributed by atoms with E-state index < -0.39 is 0 Å². The van der Waals surface area contributed by atoms with Gasteiger partial charge >= 0.3 is 0 Å². The monoisotopic (exact) mass is 238 g/mol. The minimum atomic E-state index is 0.217. The first kappa shape index (κ1) is 14.3. The standard InChI is InChI=1S/C14H26N2O/c1-14(2,3)15-9-11-16(4)10-5-7-13-8-6-12-17-13/h6,8,12,15H,5,7,9-11H2,1-4H3. The van der Waals surface area contributed by atoms with Crippen molar-refractivity contribution in [2.24, 2.45) is 0 Å². The van der Waals surface area contributed by atoms with Crippen molar-refractivity contribution < 1.29 is 4.42 Å². The van der Waals surface area contributed by atoms with Gasteiger partial charge in [0.2, 0.25) is 0 Å². The van der Waals surface area contributed by atoms with E-state index in [1.54, 1.807) is 6.26 Å². The van der Waals surface area contributed by atoms with Crippen LogP contribution in [0.4, 0.5) is 0 Å². The van der Waals surface area contributed by atoms with Gasteiger partial charge in [-0.1, -0.05) is 0 Å². The fourth-order valence-corrected chi connectivity index (χ4v) is 1.71. The fraction of sp³-hybridized carbons (Fsp3) is 0.714. The largest absolute Gasteiger partial charge is 0.469 e. The summed E-state index contributed by atoms with van der Waals surface area (Å²) in [6.07, 6.45) is 3.93. The SMILES string of the molecule is CN(CCCc1ccco1)CCNC(C)(C)C. The van der Waals surface area contributed by atoms with Crippen molar-refractivity contribution in [2.75, 3.05) is 26.7 Å². The van der Waals surface area contributed by atoms with Crippen LogP contribution in [0.15, 0.2) is 22.8 Å². The normalized spacial score (nSPS) is 12.3. The van der Waals surface area contributed by atoms with Crippen LogP contribution in [0.3, 0.4) is 0 Å². The predicted molar refractivity (Wildman–Crippen MR) is 72.3 cm³/mol. The van der Waals surface area contributed by atoms with Gasteiger partial charge in [0.05, 0.1) is 6.26 Å². The number of hydrogen-bond acceptors (Lipinski definition) is 3. The highest BCUT2D eigenvalue weighted by Gasteiger charge is 2.08. The Morgan fingerprint density at radius 1 is 1.29 bits per heavy atom. The number of furan rings is 1. The number of likely N-dealkylation sites (N-methyl/N-ethyl adjacent to an activating group) is 1. The van der Waals surface area contributed by atoms with Gasteiger partial charge in [-0.15, -0.1) is 0 Å². The van der Waals surface area contributed by atoms with Gasteiger partial charge < -0.3 is 14.6 Å². The van der Waals surface area contributed by atoms with Crippen LogP contribution in [0.5, 0.6) is 0 Å². The summed E-state index contributed by atoms with van der Waals surface area (Å²) >= 11 is 0. The molecular formula is C14H26N2O. The number of aryl methyl sites for hydroxylation is 1. The smallest absolute Gasteiger partial charge is 0.103 e. The quantitative estimate of drug-likeness (QED) is 0.791. The van der Waals surface area contributed by atoms with Crippen LogP contribution in [0.1, 0.15) is 33.0 Å². The zero-order valence-corrected chi connectivity index (χ0v) is 11.6. The van der Waals surface area contributed by atoms with Crippen LogP contribution < -0.4 is 5.32 Å². The first-order valence-electron chi connectivity index (χ1n) is 6.43. The number of nitrogens with zero attached hydrogens (tertiary/aromatic N) is 1. The van der Waals surface area contributed by atoms with E-state index in [1.165, 1.54) is 0 Å². The Bertz CT molecular complexity index is 288. The highest BCUT2D eigenvalue weighted by atomic mass is 16.3. The van der Waals surface area contributed by atoms with Crippen LogP contribution in [-0.2, 0) is 6.42 Å². The molecule has 3 nitrogen and oxygen atoms in total. The minimum absolute atomic E-state index is 0.217. The van der Waals surface area contributed by atoms with Crippen molar-refractivity contribution in [3.05, 3.63) is 24.2 Å². The van der Waals surface area contributed by atoms with Crippen molar-refractivity contribution in [1.82, 2.24) is 10.2 Å². The highest BCUT2D eigenvalue weighted by Crippen LogP contribution is 2.04. The summed E-state index contributed by atoms with van der Waals surface area (Å²) in [5, 5.41) is 3.50. The third-order valence-corrected chi connectivity index (χ3v) is 2.69. The van der Waals surface area contributed by atoms with E-state index >= 15 is 0 Å². The summed E-state index contributed by atoms with van der Waals surface area (Å²) in [7, 11) is 2.17. The van der Waals surface area contributed by atoms with Gasteiger partial charge in [0.1, 0.15) is 5.76 Å². The molecule has 0 aliphatic heterocycles. The summed E-state index contributed by atoms with van der Waals surface area (Å²) < 4.78 is 5.31. The molecule has 17 heavy (non-hydrogen) atoms. The molecule has 0 aliphatic rings. The van der Waals surface area contributed by atoms with Gasteiger partial charge in [0.25, 0.3) is 0 Å².